The van der Waals surface area contributed by atoms with Gasteiger partial charge >= 0.3 is 0 Å². The SMILES string of the molecule is C[C@@H](SCc1ccccc1)C(=O)NN=C1CCCCC1. The molecule has 1 aromatic carbocycles. The Balaban J connectivity index is 1.74. The van der Waals surface area contributed by atoms with Gasteiger partial charge in [0.1, 0.15) is 0 Å². The average Bonchev–Trinajstić information content (AvgIpc) is 2.52. The van der Waals surface area contributed by atoms with E-state index in [9.17, 15) is 4.79 Å². The zero-order valence-corrected chi connectivity index (χ0v) is 12.8. The number of nitrogens with one attached hydrogen (secondary N) is 1. The molecule has 1 aliphatic rings. The fraction of sp³-hybridized carbons (Fsp3) is 0.500. The van der Waals surface area contributed by atoms with Crippen LogP contribution in [0.25, 0.3) is 0 Å². The van der Waals surface area contributed by atoms with Crippen molar-refractivity contribution < 1.29 is 4.79 Å². The lowest BCUT2D eigenvalue weighted by Gasteiger charge is -2.13. The van der Waals surface area contributed by atoms with E-state index in [2.05, 4.69) is 22.7 Å². The van der Waals surface area contributed by atoms with Crippen molar-refractivity contribution in [3.05, 3.63) is 35.9 Å². The van der Waals surface area contributed by atoms with Crippen LogP contribution in [0.1, 0.15) is 44.6 Å². The van der Waals surface area contributed by atoms with E-state index in [1.807, 2.05) is 25.1 Å². The number of thioether (sulfide) groups is 1. The second-order valence-electron chi connectivity index (χ2n) is 5.15. The van der Waals surface area contributed by atoms with Gasteiger partial charge in [-0.1, -0.05) is 36.8 Å². The maximum atomic E-state index is 12.0. The van der Waals surface area contributed by atoms with E-state index in [1.165, 1.54) is 24.8 Å². The quantitative estimate of drug-likeness (QED) is 0.839. The number of benzene rings is 1. The van der Waals surface area contributed by atoms with E-state index in [1.54, 1.807) is 11.8 Å². The van der Waals surface area contributed by atoms with Crippen molar-refractivity contribution in [2.24, 2.45) is 5.10 Å². The van der Waals surface area contributed by atoms with Crippen LogP contribution in [0.3, 0.4) is 0 Å². The van der Waals surface area contributed by atoms with Crippen LogP contribution >= 0.6 is 11.8 Å². The Morgan fingerprint density at radius 1 is 1.25 bits per heavy atom. The Bertz CT molecular complexity index is 451. The predicted molar refractivity (Wildman–Crippen MR) is 85.9 cm³/mol. The summed E-state index contributed by atoms with van der Waals surface area (Å²) in [5, 5.41) is 4.18. The number of carbonyl (C=O) groups is 1. The Morgan fingerprint density at radius 3 is 2.65 bits per heavy atom. The first-order chi connectivity index (χ1) is 9.75. The van der Waals surface area contributed by atoms with Crippen molar-refractivity contribution in [1.29, 1.82) is 0 Å². The van der Waals surface area contributed by atoms with Gasteiger partial charge in [0.2, 0.25) is 0 Å². The van der Waals surface area contributed by atoms with Crippen LogP contribution in [0.5, 0.6) is 0 Å². The van der Waals surface area contributed by atoms with Gasteiger partial charge in [-0.25, -0.2) is 5.43 Å². The number of nitrogens with zero attached hydrogens (tertiary/aromatic N) is 1. The standard InChI is InChI=1S/C16H22N2OS/c1-13(20-12-14-8-4-2-5-9-14)16(19)18-17-15-10-6-3-7-11-15/h2,4-5,8-9,13H,3,6-7,10-12H2,1H3,(H,18,19)/t13-/m1/s1. The molecule has 0 unspecified atom stereocenters. The molecule has 3 nitrogen and oxygen atoms in total. The summed E-state index contributed by atoms with van der Waals surface area (Å²) >= 11 is 1.64. The molecule has 2 rings (SSSR count). The lowest BCUT2D eigenvalue weighted by atomic mass is 9.99. The molecule has 1 saturated carbocycles. The number of carbonyl (C=O) groups excluding carboxylic acids is 1. The molecule has 0 heterocycles. The normalized spacial score (nSPS) is 16.6. The van der Waals surface area contributed by atoms with Gasteiger partial charge in [-0.05, 0) is 38.2 Å². The molecule has 0 bridgehead atoms. The maximum absolute atomic E-state index is 12.0. The second kappa shape index (κ2) is 8.10. The van der Waals surface area contributed by atoms with Crippen LogP contribution < -0.4 is 5.43 Å². The molecule has 0 radical (unpaired) electrons. The van der Waals surface area contributed by atoms with E-state index < -0.39 is 0 Å². The lowest BCUT2D eigenvalue weighted by Crippen LogP contribution is -2.28. The molecule has 1 N–H and O–H groups in total. The van der Waals surface area contributed by atoms with Crippen molar-refractivity contribution in [3.8, 4) is 0 Å². The molecule has 0 spiro atoms. The molecule has 0 saturated heterocycles. The first-order valence-corrected chi connectivity index (χ1v) is 8.31. The minimum atomic E-state index is -0.0804. The molecule has 1 amide bonds. The molecule has 1 fully saturated rings. The van der Waals surface area contributed by atoms with E-state index >= 15 is 0 Å². The van der Waals surface area contributed by atoms with Gasteiger partial charge in [0, 0.05) is 11.5 Å². The molecule has 1 aromatic rings. The Hall–Kier alpha value is -1.29. The van der Waals surface area contributed by atoms with Crippen LogP contribution in [0.15, 0.2) is 35.4 Å². The minimum absolute atomic E-state index is 0.00371. The summed E-state index contributed by atoms with van der Waals surface area (Å²) in [5.74, 6) is 0.857. The summed E-state index contributed by atoms with van der Waals surface area (Å²) in [6, 6.07) is 10.2. The fourth-order valence-corrected chi connectivity index (χ4v) is 3.01. The third-order valence-corrected chi connectivity index (χ3v) is 4.68. The first-order valence-electron chi connectivity index (χ1n) is 7.26. The van der Waals surface area contributed by atoms with Crippen LogP contribution in [0.2, 0.25) is 0 Å². The van der Waals surface area contributed by atoms with Gasteiger partial charge in [0.25, 0.3) is 5.91 Å². The van der Waals surface area contributed by atoms with E-state index in [0.717, 1.165) is 24.3 Å². The van der Waals surface area contributed by atoms with E-state index in [4.69, 9.17) is 0 Å². The largest absolute Gasteiger partial charge is 0.272 e. The van der Waals surface area contributed by atoms with Gasteiger partial charge in [0.05, 0.1) is 5.25 Å². The number of hydrogen-bond acceptors (Lipinski definition) is 3. The third kappa shape index (κ3) is 5.00. The first kappa shape index (κ1) is 15.1. The summed E-state index contributed by atoms with van der Waals surface area (Å²) in [6.45, 7) is 1.93. The maximum Gasteiger partial charge on any atom is 0.252 e. The highest BCUT2D eigenvalue weighted by atomic mass is 32.2. The van der Waals surface area contributed by atoms with Crippen molar-refractivity contribution in [2.45, 2.75) is 50.0 Å². The molecule has 1 atom stereocenters. The van der Waals surface area contributed by atoms with Crippen molar-refractivity contribution >= 4 is 23.4 Å². The van der Waals surface area contributed by atoms with Crippen molar-refractivity contribution in [1.82, 2.24) is 5.43 Å². The second-order valence-corrected chi connectivity index (χ2v) is 6.48. The average molecular weight is 290 g/mol. The van der Waals surface area contributed by atoms with Crippen molar-refractivity contribution in [3.63, 3.8) is 0 Å². The van der Waals surface area contributed by atoms with E-state index in [-0.39, 0.29) is 11.2 Å². The summed E-state index contributed by atoms with van der Waals surface area (Å²) in [7, 11) is 0. The molecule has 0 aromatic heterocycles. The Morgan fingerprint density at radius 2 is 1.95 bits per heavy atom. The highest BCUT2D eigenvalue weighted by Gasteiger charge is 2.13. The van der Waals surface area contributed by atoms with Crippen LogP contribution in [0, 0.1) is 0 Å². The molecule has 20 heavy (non-hydrogen) atoms. The highest BCUT2D eigenvalue weighted by molar-refractivity contribution is 7.99. The van der Waals surface area contributed by atoms with Gasteiger partial charge in [-0.15, -0.1) is 11.8 Å². The van der Waals surface area contributed by atoms with Gasteiger partial charge < -0.3 is 0 Å². The number of amides is 1. The van der Waals surface area contributed by atoms with Gasteiger partial charge in [0.15, 0.2) is 0 Å². The Kier molecular flexibility index (Phi) is 6.12. The van der Waals surface area contributed by atoms with Crippen molar-refractivity contribution in [2.75, 3.05) is 0 Å². The summed E-state index contributed by atoms with van der Waals surface area (Å²) in [4.78, 5) is 12.0. The topological polar surface area (TPSA) is 41.5 Å². The van der Waals surface area contributed by atoms with Gasteiger partial charge in [-0.2, -0.15) is 5.10 Å². The molecule has 108 valence electrons. The van der Waals surface area contributed by atoms with Crippen LogP contribution in [0.4, 0.5) is 0 Å². The summed E-state index contributed by atoms with van der Waals surface area (Å²) < 4.78 is 0. The third-order valence-electron chi connectivity index (χ3n) is 3.47. The minimum Gasteiger partial charge on any atom is -0.272 e. The summed E-state index contributed by atoms with van der Waals surface area (Å²) in [5.41, 5.74) is 5.11. The fourth-order valence-electron chi connectivity index (χ4n) is 2.17. The summed E-state index contributed by atoms with van der Waals surface area (Å²) in [6.07, 6.45) is 5.76. The zero-order chi connectivity index (χ0) is 14.2. The number of rotatable bonds is 5. The van der Waals surface area contributed by atoms with Crippen LogP contribution in [-0.2, 0) is 10.5 Å². The van der Waals surface area contributed by atoms with Gasteiger partial charge in [-0.3, -0.25) is 4.79 Å². The molecule has 1 aliphatic carbocycles. The monoisotopic (exact) mass is 290 g/mol. The molecular weight excluding hydrogens is 268 g/mol. The smallest absolute Gasteiger partial charge is 0.252 e. The highest BCUT2D eigenvalue weighted by Crippen LogP contribution is 2.18. The number of hydrogen-bond donors (Lipinski definition) is 1. The molecule has 4 heteroatoms. The molecule has 0 aliphatic heterocycles. The van der Waals surface area contributed by atoms with Crippen LogP contribution in [-0.4, -0.2) is 16.9 Å². The number of hydrazone groups is 1. The predicted octanol–water partition coefficient (Wildman–Crippen LogP) is 3.74. The molecular formula is C16H22N2OS. The van der Waals surface area contributed by atoms with E-state index in [0.29, 0.717) is 0 Å². The zero-order valence-electron chi connectivity index (χ0n) is 12.0. The Labute approximate surface area is 125 Å². The lowest BCUT2D eigenvalue weighted by molar-refractivity contribution is -0.120.